The molecule has 1 atom stereocenters. The van der Waals surface area contributed by atoms with Crippen LogP contribution in [0.25, 0.3) is 21.7 Å². The highest BCUT2D eigenvalue weighted by Gasteiger charge is 2.23. The van der Waals surface area contributed by atoms with Crippen LogP contribution in [0.3, 0.4) is 0 Å². The molecule has 1 fully saturated rings. The van der Waals surface area contributed by atoms with Gasteiger partial charge in [0.05, 0.1) is 7.11 Å². The molecule has 0 unspecified atom stereocenters. The van der Waals surface area contributed by atoms with Crippen LogP contribution in [-0.2, 0) is 0 Å². The van der Waals surface area contributed by atoms with E-state index >= 15 is 0 Å². The lowest BCUT2D eigenvalue weighted by Crippen LogP contribution is -2.40. The summed E-state index contributed by atoms with van der Waals surface area (Å²) >= 11 is 0. The van der Waals surface area contributed by atoms with Crippen molar-refractivity contribution >= 4 is 21.7 Å². The smallest absolute Gasteiger partial charge is 0.128 e. The number of aromatic amines is 1. The van der Waals surface area contributed by atoms with Gasteiger partial charge >= 0.3 is 0 Å². The van der Waals surface area contributed by atoms with Crippen LogP contribution < -0.4 is 9.47 Å². The van der Waals surface area contributed by atoms with Crippen molar-refractivity contribution < 1.29 is 14.6 Å². The second-order valence-electron chi connectivity index (χ2n) is 9.15. The molecule has 4 aromatic rings. The molecule has 0 saturated carbocycles. The van der Waals surface area contributed by atoms with E-state index in [0.717, 1.165) is 54.0 Å². The lowest BCUT2D eigenvalue weighted by atomic mass is 9.88. The Morgan fingerprint density at radius 2 is 1.79 bits per heavy atom. The summed E-state index contributed by atoms with van der Waals surface area (Å²) in [7, 11) is 1.73. The fraction of sp³-hybridized carbons (Fsp3) is 0.357. The van der Waals surface area contributed by atoms with Gasteiger partial charge in [0, 0.05) is 28.5 Å². The van der Waals surface area contributed by atoms with Gasteiger partial charge in [0.25, 0.3) is 0 Å². The lowest BCUT2D eigenvalue weighted by Gasteiger charge is -2.33. The first-order chi connectivity index (χ1) is 16.1. The van der Waals surface area contributed by atoms with Crippen LogP contribution in [0, 0.1) is 6.92 Å². The Balaban J connectivity index is 1.15. The monoisotopic (exact) mass is 444 g/mol. The van der Waals surface area contributed by atoms with E-state index in [1.54, 1.807) is 7.11 Å². The number of hydrogen-bond acceptors (Lipinski definition) is 4. The Labute approximate surface area is 194 Å². The molecule has 0 amide bonds. The second-order valence-corrected chi connectivity index (χ2v) is 9.15. The van der Waals surface area contributed by atoms with E-state index in [1.807, 2.05) is 37.3 Å². The van der Waals surface area contributed by atoms with Gasteiger partial charge < -0.3 is 24.5 Å². The molecule has 1 saturated heterocycles. The molecule has 33 heavy (non-hydrogen) atoms. The molecule has 0 spiro atoms. The number of H-pyrrole nitrogens is 1. The summed E-state index contributed by atoms with van der Waals surface area (Å²) in [4.78, 5) is 5.68. The van der Waals surface area contributed by atoms with E-state index < -0.39 is 6.10 Å². The largest absolute Gasteiger partial charge is 0.496 e. The summed E-state index contributed by atoms with van der Waals surface area (Å²) in [6.45, 7) is 4.95. The van der Waals surface area contributed by atoms with Crippen molar-refractivity contribution in [1.82, 2.24) is 9.88 Å². The van der Waals surface area contributed by atoms with E-state index in [4.69, 9.17) is 9.47 Å². The number of ether oxygens (including phenoxy) is 2. The molecule has 2 heterocycles. The number of likely N-dealkylation sites (tertiary alicyclic amines) is 1. The third-order valence-corrected chi connectivity index (χ3v) is 6.80. The highest BCUT2D eigenvalue weighted by Crippen LogP contribution is 2.33. The molecule has 0 bridgehead atoms. The van der Waals surface area contributed by atoms with Gasteiger partial charge in [0.1, 0.15) is 24.2 Å². The number of fused-ring (bicyclic) bond motifs is 2. The molecular formula is C28H32N2O3. The zero-order valence-corrected chi connectivity index (χ0v) is 19.4. The fourth-order valence-electron chi connectivity index (χ4n) is 5.07. The van der Waals surface area contributed by atoms with E-state index in [1.165, 1.54) is 16.3 Å². The fourth-order valence-corrected chi connectivity index (χ4v) is 5.07. The van der Waals surface area contributed by atoms with E-state index in [0.29, 0.717) is 19.1 Å². The number of β-amino-alcohol motifs (C(OH)–C–C–N with tert-alkyl or cyclic N) is 1. The van der Waals surface area contributed by atoms with Gasteiger partial charge in [-0.05, 0) is 80.1 Å². The van der Waals surface area contributed by atoms with Gasteiger partial charge in [-0.2, -0.15) is 0 Å². The number of aromatic nitrogens is 1. The number of nitrogens with one attached hydrogen (secondary N) is 1. The number of rotatable bonds is 7. The van der Waals surface area contributed by atoms with Crippen molar-refractivity contribution in [2.45, 2.75) is 31.8 Å². The van der Waals surface area contributed by atoms with E-state index in [9.17, 15) is 5.11 Å². The topological polar surface area (TPSA) is 57.7 Å². The molecule has 172 valence electrons. The van der Waals surface area contributed by atoms with Crippen LogP contribution in [-0.4, -0.2) is 54.4 Å². The Morgan fingerprint density at radius 3 is 2.61 bits per heavy atom. The summed E-state index contributed by atoms with van der Waals surface area (Å²) in [6.07, 6.45) is 1.67. The second kappa shape index (κ2) is 9.46. The predicted octanol–water partition coefficient (Wildman–Crippen LogP) is 5.26. The quantitative estimate of drug-likeness (QED) is 0.408. The molecule has 5 heteroatoms. The first-order valence-corrected chi connectivity index (χ1v) is 11.8. The number of benzene rings is 3. The summed E-state index contributed by atoms with van der Waals surface area (Å²) in [6, 6.07) is 21.0. The SMILES string of the molecule is COc1cccc2ccc(C3CCN(C[C@H](O)COc4cccc5[nH]c(C)cc45)CC3)cc12. The number of aliphatic hydroxyl groups excluding tert-OH is 1. The maximum atomic E-state index is 10.6. The highest BCUT2D eigenvalue weighted by atomic mass is 16.5. The van der Waals surface area contributed by atoms with E-state index in [-0.39, 0.29) is 0 Å². The van der Waals surface area contributed by atoms with Crippen molar-refractivity contribution in [2.24, 2.45) is 0 Å². The molecule has 5 rings (SSSR count). The molecule has 2 N–H and O–H groups in total. The molecule has 1 aliphatic heterocycles. The van der Waals surface area contributed by atoms with Crippen LogP contribution in [0.2, 0.25) is 0 Å². The maximum Gasteiger partial charge on any atom is 0.128 e. The van der Waals surface area contributed by atoms with Crippen molar-refractivity contribution in [1.29, 1.82) is 0 Å². The summed E-state index contributed by atoms with van der Waals surface area (Å²) < 4.78 is 11.5. The van der Waals surface area contributed by atoms with Gasteiger partial charge in [0.2, 0.25) is 0 Å². The Hall–Kier alpha value is -3.02. The van der Waals surface area contributed by atoms with Gasteiger partial charge in [-0.1, -0.05) is 30.3 Å². The Bertz CT molecular complexity index is 1240. The average molecular weight is 445 g/mol. The van der Waals surface area contributed by atoms with Gasteiger partial charge in [-0.3, -0.25) is 0 Å². The third-order valence-electron chi connectivity index (χ3n) is 6.80. The average Bonchev–Trinajstić information content (AvgIpc) is 3.23. The maximum absolute atomic E-state index is 10.6. The van der Waals surface area contributed by atoms with Crippen molar-refractivity contribution in [3.05, 3.63) is 71.9 Å². The number of aryl methyl sites for hydroxylation is 1. The number of piperidine rings is 1. The van der Waals surface area contributed by atoms with Crippen LogP contribution in [0.4, 0.5) is 0 Å². The summed E-state index contributed by atoms with van der Waals surface area (Å²) in [5.41, 5.74) is 3.55. The van der Waals surface area contributed by atoms with Gasteiger partial charge in [0.15, 0.2) is 0 Å². The van der Waals surface area contributed by atoms with Crippen molar-refractivity contribution in [2.75, 3.05) is 33.4 Å². The molecule has 1 aliphatic rings. The molecule has 5 nitrogen and oxygen atoms in total. The van der Waals surface area contributed by atoms with Crippen LogP contribution in [0.5, 0.6) is 11.5 Å². The van der Waals surface area contributed by atoms with Gasteiger partial charge in [-0.25, -0.2) is 0 Å². The lowest BCUT2D eigenvalue weighted by molar-refractivity contribution is 0.0599. The summed E-state index contributed by atoms with van der Waals surface area (Å²) in [5, 5.41) is 14.1. The highest BCUT2D eigenvalue weighted by molar-refractivity contribution is 5.89. The minimum atomic E-state index is -0.512. The first-order valence-electron chi connectivity index (χ1n) is 11.8. The zero-order valence-electron chi connectivity index (χ0n) is 19.4. The molecule has 3 aromatic carbocycles. The Morgan fingerprint density at radius 1 is 1.00 bits per heavy atom. The zero-order chi connectivity index (χ0) is 22.8. The Kier molecular flexibility index (Phi) is 6.25. The third kappa shape index (κ3) is 4.70. The van der Waals surface area contributed by atoms with Crippen LogP contribution in [0.1, 0.15) is 30.0 Å². The number of hydrogen-bond donors (Lipinski definition) is 2. The molecule has 1 aromatic heterocycles. The van der Waals surface area contributed by atoms with Crippen LogP contribution in [0.15, 0.2) is 60.7 Å². The molecular weight excluding hydrogens is 412 g/mol. The number of aliphatic hydroxyl groups is 1. The van der Waals surface area contributed by atoms with Crippen molar-refractivity contribution in [3.8, 4) is 11.5 Å². The molecule has 0 radical (unpaired) electrons. The minimum absolute atomic E-state index is 0.299. The number of methoxy groups -OCH3 is 1. The molecule has 0 aliphatic carbocycles. The number of nitrogens with zero attached hydrogens (tertiary/aromatic N) is 1. The van der Waals surface area contributed by atoms with Gasteiger partial charge in [-0.15, -0.1) is 0 Å². The van der Waals surface area contributed by atoms with Crippen LogP contribution >= 0.6 is 0 Å². The summed E-state index contributed by atoms with van der Waals surface area (Å²) in [5.74, 6) is 2.29. The first kappa shape index (κ1) is 21.8. The normalized spacial score (nSPS) is 16.3. The minimum Gasteiger partial charge on any atom is -0.496 e. The standard InChI is InChI=1S/C28H32N2O3/c1-19-15-25-26(29-19)6-4-8-28(25)33-18-23(31)17-30-13-11-20(12-14-30)22-10-9-21-5-3-7-27(32-2)24(21)16-22/h3-10,15-16,20,23,29,31H,11-14,17-18H2,1-2H3/t23-/m0/s1. The predicted molar refractivity (Wildman–Crippen MR) is 133 cm³/mol. The van der Waals surface area contributed by atoms with Crippen molar-refractivity contribution in [3.63, 3.8) is 0 Å². The van der Waals surface area contributed by atoms with E-state index in [2.05, 4.69) is 40.2 Å².